The summed E-state index contributed by atoms with van der Waals surface area (Å²) >= 11 is 0. The van der Waals surface area contributed by atoms with E-state index >= 15 is 0 Å². The van der Waals surface area contributed by atoms with Crippen LogP contribution in [0.3, 0.4) is 0 Å². The number of benzene rings is 1. The molecule has 128 valence electrons. The van der Waals surface area contributed by atoms with Crippen LogP contribution in [-0.4, -0.2) is 28.4 Å². The summed E-state index contributed by atoms with van der Waals surface area (Å²) < 4.78 is 6.66. The number of carbonyl (C=O) groups excluding carboxylic acids is 2. The summed E-state index contributed by atoms with van der Waals surface area (Å²) in [5.41, 5.74) is 3.94. The van der Waals surface area contributed by atoms with Gasteiger partial charge in [0.05, 0.1) is 18.4 Å². The van der Waals surface area contributed by atoms with Crippen LogP contribution in [0.2, 0.25) is 0 Å². The van der Waals surface area contributed by atoms with Crippen molar-refractivity contribution in [3.63, 3.8) is 0 Å². The van der Waals surface area contributed by atoms with Gasteiger partial charge in [0, 0.05) is 24.0 Å². The molecule has 25 heavy (non-hydrogen) atoms. The molecule has 2 heterocycles. The Morgan fingerprint density at radius 3 is 2.64 bits per heavy atom. The average Bonchev–Trinajstić information content (AvgIpc) is 2.95. The third-order valence-electron chi connectivity index (χ3n) is 4.01. The minimum absolute atomic E-state index is 0.0869. The molecule has 6 heteroatoms. The number of aryl methyl sites for hydroxylation is 2. The number of nitrogens with zero attached hydrogens (tertiary/aromatic N) is 2. The number of fused-ring (bicyclic) bond motifs is 1. The standard InChI is InChI=1S/C19H19N3O3/c1-13-16(22-12-4-3-5-17(22)20-13)10-11-18(23)21-15-8-6-14(7-9-15)19(24)25-2/h3-9,12H,10-11H2,1-2H3,(H,21,23). The van der Waals surface area contributed by atoms with Gasteiger partial charge in [-0.05, 0) is 49.7 Å². The van der Waals surface area contributed by atoms with Crippen molar-refractivity contribution in [3.05, 3.63) is 65.6 Å². The lowest BCUT2D eigenvalue weighted by Gasteiger charge is -2.07. The fourth-order valence-electron chi connectivity index (χ4n) is 2.73. The second-order valence-corrected chi connectivity index (χ2v) is 5.69. The molecule has 0 saturated heterocycles. The number of aromatic nitrogens is 2. The summed E-state index contributed by atoms with van der Waals surface area (Å²) in [7, 11) is 1.33. The van der Waals surface area contributed by atoms with Crippen LogP contribution < -0.4 is 5.32 Å². The second-order valence-electron chi connectivity index (χ2n) is 5.69. The van der Waals surface area contributed by atoms with Crippen molar-refractivity contribution in [3.8, 4) is 0 Å². The van der Waals surface area contributed by atoms with E-state index in [1.165, 1.54) is 7.11 Å². The fourth-order valence-corrected chi connectivity index (χ4v) is 2.73. The third kappa shape index (κ3) is 3.68. The topological polar surface area (TPSA) is 72.7 Å². The van der Waals surface area contributed by atoms with Crippen LogP contribution in [0.1, 0.15) is 28.2 Å². The number of nitrogens with one attached hydrogen (secondary N) is 1. The molecule has 1 amide bonds. The molecule has 0 bridgehead atoms. The van der Waals surface area contributed by atoms with Gasteiger partial charge in [0.25, 0.3) is 0 Å². The first-order valence-electron chi connectivity index (χ1n) is 7.99. The van der Waals surface area contributed by atoms with Crippen LogP contribution in [0.4, 0.5) is 5.69 Å². The molecule has 0 unspecified atom stereocenters. The van der Waals surface area contributed by atoms with Crippen LogP contribution in [-0.2, 0) is 16.0 Å². The molecule has 0 aliphatic rings. The number of anilines is 1. The van der Waals surface area contributed by atoms with Crippen molar-refractivity contribution in [1.82, 2.24) is 9.38 Å². The maximum absolute atomic E-state index is 12.2. The largest absolute Gasteiger partial charge is 0.465 e. The van der Waals surface area contributed by atoms with Crippen LogP contribution in [0.25, 0.3) is 5.65 Å². The van der Waals surface area contributed by atoms with E-state index in [1.807, 2.05) is 35.7 Å². The summed E-state index contributed by atoms with van der Waals surface area (Å²) in [6.07, 6.45) is 2.90. The molecule has 0 aliphatic heterocycles. The van der Waals surface area contributed by atoms with Crippen LogP contribution in [0, 0.1) is 6.92 Å². The Morgan fingerprint density at radius 2 is 1.92 bits per heavy atom. The highest BCUT2D eigenvalue weighted by Gasteiger charge is 2.11. The number of esters is 1. The molecule has 1 aromatic carbocycles. The van der Waals surface area contributed by atoms with Crippen molar-refractivity contribution < 1.29 is 14.3 Å². The predicted octanol–water partition coefficient (Wildman–Crippen LogP) is 3.00. The number of pyridine rings is 1. The van der Waals surface area contributed by atoms with E-state index in [-0.39, 0.29) is 5.91 Å². The van der Waals surface area contributed by atoms with Crippen LogP contribution in [0.5, 0.6) is 0 Å². The van der Waals surface area contributed by atoms with Crippen molar-refractivity contribution in [2.45, 2.75) is 19.8 Å². The predicted molar refractivity (Wildman–Crippen MR) is 94.7 cm³/mol. The van der Waals surface area contributed by atoms with Gasteiger partial charge in [-0.25, -0.2) is 9.78 Å². The van der Waals surface area contributed by atoms with E-state index < -0.39 is 5.97 Å². The smallest absolute Gasteiger partial charge is 0.337 e. The number of hydrogen-bond donors (Lipinski definition) is 1. The van der Waals surface area contributed by atoms with Crippen LogP contribution >= 0.6 is 0 Å². The maximum Gasteiger partial charge on any atom is 0.337 e. The molecule has 2 aromatic heterocycles. The van der Waals surface area contributed by atoms with Gasteiger partial charge in [-0.3, -0.25) is 4.79 Å². The fraction of sp³-hybridized carbons (Fsp3) is 0.211. The quantitative estimate of drug-likeness (QED) is 0.727. The molecule has 3 rings (SSSR count). The molecule has 6 nitrogen and oxygen atoms in total. The first-order chi connectivity index (χ1) is 12.1. The van der Waals surface area contributed by atoms with Gasteiger partial charge in [-0.15, -0.1) is 0 Å². The Kier molecular flexibility index (Phi) is 4.79. The molecule has 0 atom stereocenters. The van der Waals surface area contributed by atoms with Crippen molar-refractivity contribution in [1.29, 1.82) is 0 Å². The van der Waals surface area contributed by atoms with Gasteiger partial charge in [-0.1, -0.05) is 6.07 Å². The highest BCUT2D eigenvalue weighted by Crippen LogP contribution is 2.15. The molecular formula is C19H19N3O3. The zero-order chi connectivity index (χ0) is 17.8. The van der Waals surface area contributed by atoms with Gasteiger partial charge in [0.1, 0.15) is 5.65 Å². The molecule has 0 fully saturated rings. The number of methoxy groups -OCH3 is 1. The lowest BCUT2D eigenvalue weighted by molar-refractivity contribution is -0.116. The Hall–Kier alpha value is -3.15. The Balaban J connectivity index is 1.63. The Labute approximate surface area is 145 Å². The normalized spacial score (nSPS) is 10.6. The Morgan fingerprint density at radius 1 is 1.16 bits per heavy atom. The highest BCUT2D eigenvalue weighted by molar-refractivity contribution is 5.93. The zero-order valence-corrected chi connectivity index (χ0v) is 14.2. The molecule has 3 aromatic rings. The average molecular weight is 337 g/mol. The molecule has 0 saturated carbocycles. The number of hydrogen-bond acceptors (Lipinski definition) is 4. The summed E-state index contributed by atoms with van der Waals surface area (Å²) in [4.78, 5) is 28.1. The van der Waals surface area contributed by atoms with Crippen LogP contribution in [0.15, 0.2) is 48.7 Å². The van der Waals surface area contributed by atoms with Gasteiger partial charge >= 0.3 is 5.97 Å². The number of carbonyl (C=O) groups is 2. The summed E-state index contributed by atoms with van der Waals surface area (Å²) in [5, 5.41) is 2.84. The first-order valence-corrected chi connectivity index (χ1v) is 7.99. The number of amides is 1. The van der Waals surface area contributed by atoms with E-state index in [4.69, 9.17) is 0 Å². The molecule has 0 radical (unpaired) electrons. The molecule has 0 aliphatic carbocycles. The van der Waals surface area contributed by atoms with E-state index in [1.54, 1.807) is 24.3 Å². The maximum atomic E-state index is 12.2. The van der Waals surface area contributed by atoms with Crippen molar-refractivity contribution in [2.75, 3.05) is 12.4 Å². The van der Waals surface area contributed by atoms with Crippen molar-refractivity contribution in [2.24, 2.45) is 0 Å². The molecule has 1 N–H and O–H groups in total. The Bertz CT molecular complexity index is 913. The van der Waals surface area contributed by atoms with E-state index in [0.29, 0.717) is 24.1 Å². The monoisotopic (exact) mass is 337 g/mol. The number of imidazole rings is 1. The summed E-state index contributed by atoms with van der Waals surface area (Å²) in [6, 6.07) is 12.4. The van der Waals surface area contributed by atoms with Gasteiger partial charge < -0.3 is 14.5 Å². The zero-order valence-electron chi connectivity index (χ0n) is 14.2. The number of rotatable bonds is 5. The SMILES string of the molecule is COC(=O)c1ccc(NC(=O)CCc2c(C)nc3ccccn23)cc1. The van der Waals surface area contributed by atoms with E-state index in [0.717, 1.165) is 17.0 Å². The molecular weight excluding hydrogens is 318 g/mol. The van der Waals surface area contributed by atoms with Gasteiger partial charge in [0.2, 0.25) is 5.91 Å². The highest BCUT2D eigenvalue weighted by atomic mass is 16.5. The van der Waals surface area contributed by atoms with Gasteiger partial charge in [-0.2, -0.15) is 0 Å². The lowest BCUT2D eigenvalue weighted by Crippen LogP contribution is -2.13. The molecule has 0 spiro atoms. The first kappa shape index (κ1) is 16.7. The minimum Gasteiger partial charge on any atom is -0.465 e. The van der Waals surface area contributed by atoms with E-state index in [9.17, 15) is 9.59 Å². The lowest BCUT2D eigenvalue weighted by atomic mass is 10.2. The third-order valence-corrected chi connectivity index (χ3v) is 4.01. The summed E-state index contributed by atoms with van der Waals surface area (Å²) in [6.45, 7) is 1.95. The second kappa shape index (κ2) is 7.17. The van der Waals surface area contributed by atoms with Crippen molar-refractivity contribution >= 4 is 23.2 Å². The number of ether oxygens (including phenoxy) is 1. The summed E-state index contributed by atoms with van der Waals surface area (Å²) in [5.74, 6) is -0.489. The van der Waals surface area contributed by atoms with Gasteiger partial charge in [0.15, 0.2) is 0 Å². The van der Waals surface area contributed by atoms with E-state index in [2.05, 4.69) is 15.0 Å². The minimum atomic E-state index is -0.402.